The number of thiazole rings is 2. The monoisotopic (exact) mass is 1660 g/mol. The SMILES string of the molecule is Cc1c(N)nc(C(CC(N)=O)NCC(N)C(N)=O)nc1C(=O)NC(C(=O)NC(C)C(O)CC(=O)NC(C(=O)NC(OC1OC(C)C(N)C(O)C1O)C(O)c1nc(-c2nc(C(=O)NCCCC(N)CC(=O)NCCCN)cs2)cs1)C(C)O)C(OC1OC(CO)C(O)C(O)C1OC1OC(CO)C(O)C(OC(N)=O)C1O)c1cnc[nH]1. The van der Waals surface area contributed by atoms with Gasteiger partial charge in [-0.15, -0.1) is 22.7 Å². The molecular formula is C64H101N21O27S2. The predicted octanol–water partition coefficient (Wildman–Crippen LogP) is -11.6. The van der Waals surface area contributed by atoms with Crippen LogP contribution in [0.4, 0.5) is 10.6 Å². The molecule has 0 aromatic carbocycles. The Morgan fingerprint density at radius 3 is 2.02 bits per heavy atom. The van der Waals surface area contributed by atoms with Crippen molar-refractivity contribution in [2.75, 3.05) is 45.1 Å². The quantitative estimate of drug-likeness (QED) is 0.0145. The maximum Gasteiger partial charge on any atom is 0.404 e. The second kappa shape index (κ2) is 42.9. The van der Waals surface area contributed by atoms with Gasteiger partial charge in [0.25, 0.3) is 11.8 Å². The van der Waals surface area contributed by atoms with Crippen LogP contribution in [0.3, 0.4) is 0 Å². The number of carbonyl (C=O) groups is 9. The molecule has 3 aliphatic rings. The first kappa shape index (κ1) is 92.7. The lowest BCUT2D eigenvalue weighted by molar-refractivity contribution is -0.372. The molecule has 4 aromatic rings. The number of aliphatic hydroxyl groups is 11. The zero-order valence-electron chi connectivity index (χ0n) is 61.9. The molecule has 26 atom stereocenters. The number of aromatic amines is 1. The Kier molecular flexibility index (Phi) is 34.9. The number of nitrogen functional groups attached to an aromatic ring is 1. The van der Waals surface area contributed by atoms with Gasteiger partial charge in [-0.1, -0.05) is 0 Å². The Balaban J connectivity index is 1.14. The van der Waals surface area contributed by atoms with Crippen LogP contribution < -0.4 is 83.1 Å². The fourth-order valence-corrected chi connectivity index (χ4v) is 13.4. The Morgan fingerprint density at radius 2 is 1.38 bits per heavy atom. The van der Waals surface area contributed by atoms with Crippen LogP contribution in [0.2, 0.25) is 0 Å². The number of nitrogens with two attached hydrogens (primary N) is 8. The number of nitrogens with zero attached hydrogens (tertiary/aromatic N) is 5. The minimum atomic E-state index is -2.27. The Labute approximate surface area is 656 Å². The predicted molar refractivity (Wildman–Crippen MR) is 390 cm³/mol. The van der Waals surface area contributed by atoms with E-state index in [0.717, 1.165) is 49.0 Å². The van der Waals surface area contributed by atoms with Crippen LogP contribution in [-0.4, -0.2) is 320 Å². The molecular weight excluding hydrogens is 1560 g/mol. The van der Waals surface area contributed by atoms with Crippen LogP contribution in [0, 0.1) is 6.92 Å². The molecule has 48 nitrogen and oxygen atoms in total. The molecule has 636 valence electrons. The number of aliphatic hydroxyl groups excluding tert-OH is 11. The van der Waals surface area contributed by atoms with Gasteiger partial charge in [-0.3, -0.25) is 38.4 Å². The summed E-state index contributed by atoms with van der Waals surface area (Å²) in [7, 11) is 0. The maximum absolute atomic E-state index is 15.3. The van der Waals surface area contributed by atoms with Crippen molar-refractivity contribution in [1.82, 2.24) is 67.1 Å². The van der Waals surface area contributed by atoms with E-state index in [1.807, 2.05) is 0 Å². The summed E-state index contributed by atoms with van der Waals surface area (Å²) in [5.74, 6) is -8.68. The fourth-order valence-electron chi connectivity index (χ4n) is 11.7. The molecule has 0 radical (unpaired) electrons. The van der Waals surface area contributed by atoms with Gasteiger partial charge in [0, 0.05) is 54.8 Å². The summed E-state index contributed by atoms with van der Waals surface area (Å²) >= 11 is 1.83. The highest BCUT2D eigenvalue weighted by Gasteiger charge is 2.54. The molecule has 7 rings (SSSR count). The van der Waals surface area contributed by atoms with E-state index < -0.39 is 256 Å². The number of H-pyrrole nitrogens is 1. The summed E-state index contributed by atoms with van der Waals surface area (Å²) in [4.78, 5) is 144. The number of amides is 9. The largest absolute Gasteiger partial charge is 0.441 e. The van der Waals surface area contributed by atoms with Crippen LogP contribution in [0.1, 0.15) is 121 Å². The molecule has 3 saturated heterocycles. The lowest BCUT2D eigenvalue weighted by atomic mass is 9.97. The molecule has 4 aromatic heterocycles. The van der Waals surface area contributed by atoms with Crippen LogP contribution in [0.5, 0.6) is 0 Å². The molecule has 0 bridgehead atoms. The van der Waals surface area contributed by atoms with Gasteiger partial charge in [0.1, 0.15) is 112 Å². The first-order valence-electron chi connectivity index (χ1n) is 35.7. The van der Waals surface area contributed by atoms with Gasteiger partial charge in [-0.05, 0) is 53.5 Å². The van der Waals surface area contributed by atoms with Crippen molar-refractivity contribution in [2.24, 2.45) is 40.1 Å². The van der Waals surface area contributed by atoms with E-state index >= 15 is 9.59 Å². The van der Waals surface area contributed by atoms with Crippen LogP contribution in [0.15, 0.2) is 23.3 Å². The zero-order valence-corrected chi connectivity index (χ0v) is 63.6. The number of hydrogen-bond acceptors (Lipinski definition) is 40. The zero-order chi connectivity index (χ0) is 84.3. The van der Waals surface area contributed by atoms with Crippen molar-refractivity contribution < 1.29 is 132 Å². The van der Waals surface area contributed by atoms with E-state index in [1.54, 1.807) is 0 Å². The summed E-state index contributed by atoms with van der Waals surface area (Å²) in [6.45, 7) is 3.46. The van der Waals surface area contributed by atoms with Crippen molar-refractivity contribution in [3.05, 3.63) is 56.8 Å². The molecule has 3 fully saturated rings. The number of aromatic nitrogens is 6. The smallest absolute Gasteiger partial charge is 0.404 e. The summed E-state index contributed by atoms with van der Waals surface area (Å²) < 4.78 is 40.4. The lowest BCUT2D eigenvalue weighted by Crippen LogP contribution is -2.65. The minimum absolute atomic E-state index is 0.00593. The van der Waals surface area contributed by atoms with Crippen LogP contribution in [0.25, 0.3) is 10.7 Å². The van der Waals surface area contributed by atoms with E-state index in [2.05, 4.69) is 67.1 Å². The van der Waals surface area contributed by atoms with Crippen molar-refractivity contribution in [1.29, 1.82) is 0 Å². The number of anilines is 1. The van der Waals surface area contributed by atoms with E-state index in [0.29, 0.717) is 32.4 Å². The number of primary amides is 3. The van der Waals surface area contributed by atoms with Crippen molar-refractivity contribution >= 4 is 81.8 Å². The van der Waals surface area contributed by atoms with Crippen molar-refractivity contribution in [3.8, 4) is 10.7 Å². The van der Waals surface area contributed by atoms with Gasteiger partial charge >= 0.3 is 6.09 Å². The average molecular weight is 1660 g/mol. The third-order valence-electron chi connectivity index (χ3n) is 18.4. The molecule has 7 heterocycles. The average Bonchev–Trinajstić information content (AvgIpc) is 0.918. The second-order valence-corrected chi connectivity index (χ2v) is 28.9. The molecule has 114 heavy (non-hydrogen) atoms. The molecule has 3 aliphatic heterocycles. The van der Waals surface area contributed by atoms with E-state index in [-0.39, 0.29) is 51.5 Å². The molecule has 9 amide bonds. The Hall–Kier alpha value is -8.50. The minimum Gasteiger partial charge on any atom is -0.441 e. The van der Waals surface area contributed by atoms with Gasteiger partial charge in [0.05, 0.1) is 80.3 Å². The van der Waals surface area contributed by atoms with E-state index in [1.165, 1.54) is 24.6 Å². The highest BCUT2D eigenvalue weighted by molar-refractivity contribution is 7.14. The molecule has 0 aliphatic carbocycles. The van der Waals surface area contributed by atoms with Gasteiger partial charge in [0.2, 0.25) is 35.4 Å². The molecule has 0 spiro atoms. The number of hydrogen-bond donors (Lipinski definition) is 27. The Morgan fingerprint density at radius 1 is 0.702 bits per heavy atom. The number of carbonyl (C=O) groups excluding carboxylic acids is 9. The first-order chi connectivity index (χ1) is 53.9. The third-order valence-corrected chi connectivity index (χ3v) is 20.1. The standard InChI is InChI=1S/C64H101N21O27S2/c1-21-38(82-53(84-51(21)70)27(12-34(68)90)76-14-26(67)52(71)100)55(102)83-40(48(28-15-73-20-77-28)109-63-50(44(96)41(93)32(16-86)108-63)110-62-46(98)49(111-64(72)105)42(94)33(17-87)107-62)57(104)78-22(2)31(89)13-36(92)81-39(23(3)88)56(103)85-58(112-61-45(97)43(95)37(69)24(4)106-61)47(99)60-80-30(19-114-60)59-79-29(18-113-59)54(101)75-9-5-7-25(66)11-35(91)74-10-6-8-65/h15,18-20,22-27,31-33,37,39-50,58,61-63,76,86-89,93-99H,5-14,16-17,65-67,69H2,1-4H3,(H2,68,90)(H2,71,100)(H2,72,105)(H,73,77)(H,74,91)(H,75,101)(H,78,104)(H,81,92)(H,83,102)(H,85,103)(H2,70,82,84). The highest BCUT2D eigenvalue weighted by Crippen LogP contribution is 2.36. The third kappa shape index (κ3) is 24.8. The number of rotatable bonds is 42. The number of nitrogens with one attached hydrogen (secondary N) is 8. The van der Waals surface area contributed by atoms with Crippen LogP contribution >= 0.6 is 22.7 Å². The highest BCUT2D eigenvalue weighted by atomic mass is 32.1. The molecule has 26 unspecified atom stereocenters. The summed E-state index contributed by atoms with van der Waals surface area (Å²) in [5.41, 5.74) is 44.9. The Bertz CT molecular complexity index is 3860. The summed E-state index contributed by atoms with van der Waals surface area (Å²) in [6, 6.07) is -10.2. The van der Waals surface area contributed by atoms with Gasteiger partial charge in [0.15, 0.2) is 37.3 Å². The summed E-state index contributed by atoms with van der Waals surface area (Å²) in [5, 5.41) is 143. The number of ether oxygens (including phenoxy) is 7. The molecule has 50 heteroatoms. The summed E-state index contributed by atoms with van der Waals surface area (Å²) in [6.07, 6.45) is -36.5. The van der Waals surface area contributed by atoms with Crippen molar-refractivity contribution in [3.63, 3.8) is 0 Å². The second-order valence-electron chi connectivity index (χ2n) is 27.1. The first-order valence-corrected chi connectivity index (χ1v) is 37.4. The fraction of sp³-hybridized carbons (Fsp3) is 0.656. The molecule has 35 N–H and O–H groups in total. The van der Waals surface area contributed by atoms with E-state index in [4.69, 9.17) is 79.0 Å². The van der Waals surface area contributed by atoms with Crippen molar-refractivity contribution in [2.45, 2.75) is 225 Å². The van der Waals surface area contributed by atoms with Gasteiger partial charge in [-0.25, -0.2) is 29.7 Å². The lowest BCUT2D eigenvalue weighted by Gasteiger charge is -2.47. The molecule has 0 saturated carbocycles. The van der Waals surface area contributed by atoms with Crippen LogP contribution in [-0.2, 0) is 61.9 Å². The topological polar surface area (TPSA) is 813 Å². The normalized spacial score (nSPS) is 26.6. The van der Waals surface area contributed by atoms with Gasteiger partial charge in [-0.2, -0.15) is 0 Å². The maximum atomic E-state index is 15.3. The van der Waals surface area contributed by atoms with Gasteiger partial charge < -0.3 is 177 Å². The number of imidazole rings is 1. The van der Waals surface area contributed by atoms with E-state index in [9.17, 15) is 89.7 Å².